The van der Waals surface area contributed by atoms with Gasteiger partial charge in [0.1, 0.15) is 5.75 Å². The summed E-state index contributed by atoms with van der Waals surface area (Å²) in [4.78, 5) is 12.3. The molecule has 1 aromatic rings. The van der Waals surface area contributed by atoms with Crippen LogP contribution in [0.25, 0.3) is 0 Å². The Morgan fingerprint density at radius 3 is 2.29 bits per heavy atom. The van der Waals surface area contributed by atoms with Crippen molar-refractivity contribution in [1.29, 1.82) is 5.41 Å². The lowest BCUT2D eigenvalue weighted by Gasteiger charge is -2.27. The zero-order valence-corrected chi connectivity index (χ0v) is 14.9. The van der Waals surface area contributed by atoms with Crippen molar-refractivity contribution in [1.82, 2.24) is 5.32 Å². The van der Waals surface area contributed by atoms with Crippen LogP contribution in [0, 0.1) is 17.2 Å². The minimum absolute atomic E-state index is 0.00948. The number of esters is 1. The number of hydrogen-bond acceptors (Lipinski definition) is 3. The predicted molar refractivity (Wildman–Crippen MR) is 96.1 cm³/mol. The highest BCUT2D eigenvalue weighted by atomic mass is 16.5. The Morgan fingerprint density at radius 1 is 1.21 bits per heavy atom. The van der Waals surface area contributed by atoms with E-state index in [9.17, 15) is 4.79 Å². The Morgan fingerprint density at radius 2 is 1.79 bits per heavy atom. The van der Waals surface area contributed by atoms with E-state index >= 15 is 0 Å². The monoisotopic (exact) mass is 331 g/mol. The fourth-order valence-corrected chi connectivity index (χ4v) is 3.08. The van der Waals surface area contributed by atoms with Crippen molar-refractivity contribution in [3.05, 3.63) is 29.8 Å². The van der Waals surface area contributed by atoms with Gasteiger partial charge in [0.25, 0.3) is 0 Å². The second-order valence-electron chi connectivity index (χ2n) is 7.71. The van der Waals surface area contributed by atoms with Crippen LogP contribution in [0.2, 0.25) is 0 Å². The van der Waals surface area contributed by atoms with E-state index in [-0.39, 0.29) is 23.3 Å². The molecule has 0 bridgehead atoms. The molecule has 0 saturated heterocycles. The topological polar surface area (TPSA) is 88.2 Å². The van der Waals surface area contributed by atoms with E-state index in [4.69, 9.17) is 15.9 Å². The molecule has 1 aliphatic carbocycles. The van der Waals surface area contributed by atoms with E-state index in [0.717, 1.165) is 25.7 Å². The molecule has 1 fully saturated rings. The van der Waals surface area contributed by atoms with Crippen molar-refractivity contribution >= 4 is 11.9 Å². The zero-order chi connectivity index (χ0) is 17.7. The summed E-state index contributed by atoms with van der Waals surface area (Å²) in [6.45, 7) is 7.19. The van der Waals surface area contributed by atoms with Crippen LogP contribution in [0.3, 0.4) is 0 Å². The number of hydrogen-bond donors (Lipinski definition) is 3. The number of carbonyl (C=O) groups is 1. The van der Waals surface area contributed by atoms with Gasteiger partial charge in [-0.2, -0.15) is 0 Å². The van der Waals surface area contributed by atoms with Crippen molar-refractivity contribution in [3.8, 4) is 5.75 Å². The summed E-state index contributed by atoms with van der Waals surface area (Å²) in [6.07, 6.45) is 3.60. The molecular formula is C19H29N3O2. The molecule has 24 heavy (non-hydrogen) atoms. The minimum Gasteiger partial charge on any atom is -0.426 e. The van der Waals surface area contributed by atoms with Gasteiger partial charge in [-0.25, -0.2) is 0 Å². The number of carbonyl (C=O) groups excluding carboxylic acids is 1. The molecule has 1 aliphatic rings. The normalized spacial score (nSPS) is 21.1. The number of benzene rings is 1. The van der Waals surface area contributed by atoms with Crippen LogP contribution in [-0.2, 0) is 10.2 Å². The Kier molecular flexibility index (Phi) is 5.86. The number of guanidine groups is 1. The van der Waals surface area contributed by atoms with Crippen molar-refractivity contribution in [2.75, 3.05) is 6.54 Å². The summed E-state index contributed by atoms with van der Waals surface area (Å²) < 4.78 is 5.55. The van der Waals surface area contributed by atoms with E-state index in [1.807, 2.05) is 24.3 Å². The zero-order valence-electron chi connectivity index (χ0n) is 14.9. The van der Waals surface area contributed by atoms with Crippen LogP contribution in [0.15, 0.2) is 24.3 Å². The van der Waals surface area contributed by atoms with Crippen molar-refractivity contribution in [2.45, 2.75) is 51.9 Å². The van der Waals surface area contributed by atoms with E-state index in [2.05, 4.69) is 26.1 Å². The third-order valence-corrected chi connectivity index (χ3v) is 4.70. The van der Waals surface area contributed by atoms with E-state index in [1.54, 1.807) is 0 Å². The van der Waals surface area contributed by atoms with Gasteiger partial charge in [-0.05, 0) is 54.7 Å². The first-order valence-corrected chi connectivity index (χ1v) is 8.66. The highest BCUT2D eigenvalue weighted by molar-refractivity contribution is 5.75. The van der Waals surface area contributed by atoms with Crippen LogP contribution in [-0.4, -0.2) is 18.5 Å². The summed E-state index contributed by atoms with van der Waals surface area (Å²) in [5.41, 5.74) is 6.62. The second kappa shape index (κ2) is 7.69. The Bertz CT molecular complexity index is 567. The average Bonchev–Trinajstić information content (AvgIpc) is 2.53. The van der Waals surface area contributed by atoms with Gasteiger partial charge in [-0.1, -0.05) is 32.9 Å². The molecule has 2 rings (SSSR count). The summed E-state index contributed by atoms with van der Waals surface area (Å²) >= 11 is 0. The number of ether oxygens (including phenoxy) is 1. The molecule has 0 unspecified atom stereocenters. The number of rotatable bonds is 4. The Balaban J connectivity index is 1.82. The predicted octanol–water partition coefficient (Wildman–Crippen LogP) is 3.18. The lowest BCUT2D eigenvalue weighted by molar-refractivity contribution is -0.140. The lowest BCUT2D eigenvalue weighted by Crippen LogP contribution is -2.36. The smallest absolute Gasteiger partial charge is 0.314 e. The molecule has 0 aromatic heterocycles. The van der Waals surface area contributed by atoms with Crippen LogP contribution in [0.5, 0.6) is 5.75 Å². The van der Waals surface area contributed by atoms with Crippen molar-refractivity contribution in [2.24, 2.45) is 17.6 Å². The summed E-state index contributed by atoms with van der Waals surface area (Å²) in [5, 5.41) is 10.1. The molecule has 0 radical (unpaired) electrons. The molecule has 0 spiro atoms. The maximum absolute atomic E-state index is 12.3. The lowest BCUT2D eigenvalue weighted by atomic mass is 9.82. The van der Waals surface area contributed by atoms with Gasteiger partial charge >= 0.3 is 5.97 Å². The molecule has 0 heterocycles. The highest BCUT2D eigenvalue weighted by Crippen LogP contribution is 2.30. The molecule has 1 aromatic carbocycles. The minimum atomic E-state index is -0.128. The maximum atomic E-state index is 12.3. The molecule has 0 amide bonds. The van der Waals surface area contributed by atoms with Gasteiger partial charge in [0.15, 0.2) is 5.96 Å². The number of nitrogens with two attached hydrogens (primary N) is 1. The van der Waals surface area contributed by atoms with Gasteiger partial charge in [0, 0.05) is 6.54 Å². The summed E-state index contributed by atoms with van der Waals surface area (Å²) in [7, 11) is 0. The van der Waals surface area contributed by atoms with Gasteiger partial charge in [0.2, 0.25) is 0 Å². The molecule has 0 aliphatic heterocycles. The second-order valence-corrected chi connectivity index (χ2v) is 7.71. The van der Waals surface area contributed by atoms with Gasteiger partial charge in [-0.15, -0.1) is 0 Å². The van der Waals surface area contributed by atoms with E-state index in [0.29, 0.717) is 18.2 Å². The molecule has 0 atom stereocenters. The first kappa shape index (κ1) is 18.3. The Labute approximate surface area is 144 Å². The van der Waals surface area contributed by atoms with E-state index < -0.39 is 0 Å². The SMILES string of the molecule is CC(C)(C)c1ccc(OC(=O)C2CCC(CNC(=N)N)CC2)cc1. The highest BCUT2D eigenvalue weighted by Gasteiger charge is 2.27. The van der Waals surface area contributed by atoms with Crippen molar-refractivity contribution in [3.63, 3.8) is 0 Å². The molecule has 5 heteroatoms. The van der Waals surface area contributed by atoms with E-state index in [1.165, 1.54) is 5.56 Å². The first-order valence-electron chi connectivity index (χ1n) is 8.66. The summed E-state index contributed by atoms with van der Waals surface area (Å²) in [6, 6.07) is 7.79. The Hall–Kier alpha value is -2.04. The van der Waals surface area contributed by atoms with Crippen molar-refractivity contribution < 1.29 is 9.53 Å². The maximum Gasteiger partial charge on any atom is 0.314 e. The van der Waals surface area contributed by atoms with Gasteiger partial charge in [0.05, 0.1) is 5.92 Å². The number of nitrogens with one attached hydrogen (secondary N) is 2. The molecule has 1 saturated carbocycles. The van der Waals surface area contributed by atoms with Gasteiger partial charge < -0.3 is 15.8 Å². The van der Waals surface area contributed by atoms with Crippen LogP contribution >= 0.6 is 0 Å². The molecule has 4 N–H and O–H groups in total. The largest absolute Gasteiger partial charge is 0.426 e. The summed E-state index contributed by atoms with van der Waals surface area (Å²) in [5.74, 6) is 0.949. The third kappa shape index (κ3) is 5.25. The molecule has 5 nitrogen and oxygen atoms in total. The molecular weight excluding hydrogens is 302 g/mol. The third-order valence-electron chi connectivity index (χ3n) is 4.70. The first-order chi connectivity index (χ1) is 11.3. The van der Waals surface area contributed by atoms with Crippen LogP contribution in [0.4, 0.5) is 0 Å². The standard InChI is InChI=1S/C19H29N3O2/c1-19(2,3)15-8-10-16(11-9-15)24-17(23)14-6-4-13(5-7-14)12-22-18(20)21/h8-11,13-14H,4-7,12H2,1-3H3,(H4,20,21,22). The van der Waals surface area contributed by atoms with Crippen LogP contribution in [0.1, 0.15) is 52.0 Å². The molecule has 132 valence electrons. The fraction of sp³-hybridized carbons (Fsp3) is 0.579. The fourth-order valence-electron chi connectivity index (χ4n) is 3.08. The van der Waals surface area contributed by atoms with Crippen LogP contribution < -0.4 is 15.8 Å². The quantitative estimate of drug-likeness (QED) is 0.342. The average molecular weight is 331 g/mol. The van der Waals surface area contributed by atoms with Gasteiger partial charge in [-0.3, -0.25) is 10.2 Å².